The SMILES string of the molecule is CSc1cc2ccccc2c(C(C)C)c1N. The molecule has 0 saturated carbocycles. The van der Waals surface area contributed by atoms with Crippen LogP contribution in [-0.2, 0) is 0 Å². The van der Waals surface area contributed by atoms with Crippen molar-refractivity contribution in [2.75, 3.05) is 12.0 Å². The lowest BCUT2D eigenvalue weighted by atomic mass is 9.94. The lowest BCUT2D eigenvalue weighted by Gasteiger charge is -2.16. The molecule has 1 nitrogen and oxygen atoms in total. The van der Waals surface area contributed by atoms with Crippen LogP contribution in [0.15, 0.2) is 35.2 Å². The third kappa shape index (κ3) is 1.78. The molecule has 0 bridgehead atoms. The van der Waals surface area contributed by atoms with Crippen LogP contribution >= 0.6 is 11.8 Å². The van der Waals surface area contributed by atoms with E-state index in [0.717, 1.165) is 5.69 Å². The van der Waals surface area contributed by atoms with E-state index in [4.69, 9.17) is 5.73 Å². The maximum Gasteiger partial charge on any atom is 0.0493 e. The van der Waals surface area contributed by atoms with Gasteiger partial charge in [-0.2, -0.15) is 0 Å². The smallest absolute Gasteiger partial charge is 0.0493 e. The van der Waals surface area contributed by atoms with E-state index in [0.29, 0.717) is 5.92 Å². The van der Waals surface area contributed by atoms with Crippen molar-refractivity contribution in [2.45, 2.75) is 24.7 Å². The molecular weight excluding hydrogens is 214 g/mol. The van der Waals surface area contributed by atoms with Crippen LogP contribution in [0.1, 0.15) is 25.3 Å². The average Bonchev–Trinajstić information content (AvgIpc) is 2.27. The topological polar surface area (TPSA) is 26.0 Å². The molecule has 2 heteroatoms. The first-order chi connectivity index (χ1) is 7.65. The van der Waals surface area contributed by atoms with Crippen molar-refractivity contribution in [3.05, 3.63) is 35.9 Å². The number of rotatable bonds is 2. The minimum absolute atomic E-state index is 0.456. The second kappa shape index (κ2) is 4.38. The number of benzene rings is 2. The second-order valence-corrected chi connectivity index (χ2v) is 5.13. The molecule has 0 fully saturated rings. The normalized spacial score (nSPS) is 11.2. The lowest BCUT2D eigenvalue weighted by Crippen LogP contribution is -1.99. The number of anilines is 1. The summed E-state index contributed by atoms with van der Waals surface area (Å²) < 4.78 is 0. The summed E-state index contributed by atoms with van der Waals surface area (Å²) in [5.41, 5.74) is 8.47. The summed E-state index contributed by atoms with van der Waals surface area (Å²) in [4.78, 5) is 1.18. The Kier molecular flexibility index (Phi) is 3.10. The number of nitrogen functional groups attached to an aromatic ring is 1. The van der Waals surface area contributed by atoms with Gasteiger partial charge in [-0.25, -0.2) is 0 Å². The summed E-state index contributed by atoms with van der Waals surface area (Å²) in [6.07, 6.45) is 2.07. The molecule has 2 N–H and O–H groups in total. The quantitative estimate of drug-likeness (QED) is 0.617. The van der Waals surface area contributed by atoms with Gasteiger partial charge in [-0.05, 0) is 34.6 Å². The Morgan fingerprint density at radius 3 is 2.50 bits per heavy atom. The van der Waals surface area contributed by atoms with E-state index in [1.165, 1.54) is 21.2 Å². The molecule has 2 rings (SSSR count). The van der Waals surface area contributed by atoms with Gasteiger partial charge in [0.05, 0.1) is 0 Å². The Balaban J connectivity index is 2.85. The van der Waals surface area contributed by atoms with Gasteiger partial charge in [-0.15, -0.1) is 11.8 Å². The molecule has 0 aliphatic heterocycles. The Morgan fingerprint density at radius 2 is 1.88 bits per heavy atom. The van der Waals surface area contributed by atoms with Gasteiger partial charge in [0, 0.05) is 10.6 Å². The highest BCUT2D eigenvalue weighted by Crippen LogP contribution is 2.37. The second-order valence-electron chi connectivity index (χ2n) is 4.28. The Hall–Kier alpha value is -1.15. The Bertz CT molecular complexity index is 517. The van der Waals surface area contributed by atoms with Gasteiger partial charge in [-0.1, -0.05) is 38.1 Å². The van der Waals surface area contributed by atoms with Gasteiger partial charge in [0.1, 0.15) is 0 Å². The van der Waals surface area contributed by atoms with Crippen molar-refractivity contribution in [2.24, 2.45) is 0 Å². The fourth-order valence-corrected chi connectivity index (χ4v) is 2.73. The van der Waals surface area contributed by atoms with Crippen LogP contribution in [0.25, 0.3) is 10.8 Å². The van der Waals surface area contributed by atoms with Crippen LogP contribution in [0.4, 0.5) is 5.69 Å². The average molecular weight is 231 g/mol. The molecule has 0 saturated heterocycles. The van der Waals surface area contributed by atoms with Gasteiger partial charge in [0.15, 0.2) is 0 Å². The summed E-state index contributed by atoms with van der Waals surface area (Å²) in [7, 11) is 0. The minimum atomic E-state index is 0.456. The Morgan fingerprint density at radius 1 is 1.19 bits per heavy atom. The van der Waals surface area contributed by atoms with Crippen molar-refractivity contribution >= 4 is 28.2 Å². The molecule has 0 unspecified atom stereocenters. The van der Waals surface area contributed by atoms with Crippen molar-refractivity contribution in [1.29, 1.82) is 0 Å². The molecule has 0 spiro atoms. The first-order valence-electron chi connectivity index (χ1n) is 5.50. The molecule has 0 amide bonds. The van der Waals surface area contributed by atoms with E-state index in [2.05, 4.69) is 50.4 Å². The minimum Gasteiger partial charge on any atom is -0.398 e. The summed E-state index contributed by atoms with van der Waals surface area (Å²) in [5.74, 6) is 0.456. The number of nitrogens with two attached hydrogens (primary N) is 1. The molecule has 0 aliphatic carbocycles. The zero-order valence-corrected chi connectivity index (χ0v) is 10.8. The molecule has 0 aliphatic rings. The molecule has 0 heterocycles. The van der Waals surface area contributed by atoms with E-state index in [1.54, 1.807) is 11.8 Å². The zero-order valence-electron chi connectivity index (χ0n) is 9.95. The highest BCUT2D eigenvalue weighted by atomic mass is 32.2. The first kappa shape index (κ1) is 11.3. The maximum atomic E-state index is 6.24. The van der Waals surface area contributed by atoms with E-state index >= 15 is 0 Å². The highest BCUT2D eigenvalue weighted by molar-refractivity contribution is 7.98. The third-order valence-corrected chi connectivity index (χ3v) is 3.67. The summed E-state index contributed by atoms with van der Waals surface area (Å²) in [6.45, 7) is 4.39. The zero-order chi connectivity index (χ0) is 11.7. The number of thioether (sulfide) groups is 1. The van der Waals surface area contributed by atoms with Crippen LogP contribution in [-0.4, -0.2) is 6.26 Å². The van der Waals surface area contributed by atoms with Crippen LogP contribution in [0, 0.1) is 0 Å². The van der Waals surface area contributed by atoms with E-state index in [9.17, 15) is 0 Å². The molecule has 0 atom stereocenters. The highest BCUT2D eigenvalue weighted by Gasteiger charge is 2.12. The van der Waals surface area contributed by atoms with Crippen molar-refractivity contribution in [3.63, 3.8) is 0 Å². The van der Waals surface area contributed by atoms with Gasteiger partial charge in [0.2, 0.25) is 0 Å². The number of fused-ring (bicyclic) bond motifs is 1. The molecule has 2 aromatic rings. The third-order valence-electron chi connectivity index (χ3n) is 2.89. The molecule has 0 aromatic heterocycles. The fourth-order valence-electron chi connectivity index (χ4n) is 2.16. The largest absolute Gasteiger partial charge is 0.398 e. The summed E-state index contributed by atoms with van der Waals surface area (Å²) >= 11 is 1.72. The van der Waals surface area contributed by atoms with Crippen LogP contribution < -0.4 is 5.73 Å². The summed E-state index contributed by atoms with van der Waals surface area (Å²) in [6, 6.07) is 10.6. The van der Waals surface area contributed by atoms with Crippen LogP contribution in [0.3, 0.4) is 0 Å². The van der Waals surface area contributed by atoms with Crippen molar-refractivity contribution in [3.8, 4) is 0 Å². The van der Waals surface area contributed by atoms with E-state index in [-0.39, 0.29) is 0 Å². The van der Waals surface area contributed by atoms with E-state index in [1.807, 2.05) is 0 Å². The predicted octanol–water partition coefficient (Wildman–Crippen LogP) is 4.27. The number of hydrogen-bond donors (Lipinski definition) is 1. The van der Waals surface area contributed by atoms with Crippen molar-refractivity contribution < 1.29 is 0 Å². The molecule has 84 valence electrons. The van der Waals surface area contributed by atoms with Crippen molar-refractivity contribution in [1.82, 2.24) is 0 Å². The number of hydrogen-bond acceptors (Lipinski definition) is 2. The van der Waals surface area contributed by atoms with Gasteiger partial charge in [0.25, 0.3) is 0 Å². The molecule has 16 heavy (non-hydrogen) atoms. The molecule has 0 radical (unpaired) electrons. The van der Waals surface area contributed by atoms with Gasteiger partial charge >= 0.3 is 0 Å². The summed E-state index contributed by atoms with van der Waals surface area (Å²) in [5, 5.41) is 2.57. The monoisotopic (exact) mass is 231 g/mol. The maximum absolute atomic E-state index is 6.24. The van der Waals surface area contributed by atoms with Crippen LogP contribution in [0.2, 0.25) is 0 Å². The Labute approximate surface area is 101 Å². The molecular formula is C14H17NS. The lowest BCUT2D eigenvalue weighted by molar-refractivity contribution is 0.876. The predicted molar refractivity (Wildman–Crippen MR) is 74.2 cm³/mol. The molecule has 2 aromatic carbocycles. The van der Waals surface area contributed by atoms with E-state index < -0.39 is 0 Å². The first-order valence-corrected chi connectivity index (χ1v) is 6.72. The van der Waals surface area contributed by atoms with Gasteiger partial charge in [-0.3, -0.25) is 0 Å². The van der Waals surface area contributed by atoms with Gasteiger partial charge < -0.3 is 5.73 Å². The standard InChI is InChI=1S/C14H17NS/c1-9(2)13-11-7-5-4-6-10(11)8-12(16-3)14(13)15/h4-9H,15H2,1-3H3. The fraction of sp³-hybridized carbons (Fsp3) is 0.286. The van der Waals surface area contributed by atoms with Crippen LogP contribution in [0.5, 0.6) is 0 Å².